The molecule has 2 saturated heterocycles. The lowest BCUT2D eigenvalue weighted by atomic mass is 9.96. The minimum Gasteiger partial charge on any atom is -0.354 e. The van der Waals surface area contributed by atoms with Gasteiger partial charge in [-0.05, 0) is 30.9 Å². The molecule has 2 fully saturated rings. The number of piperazine rings is 1. The number of amides is 1. The van der Waals surface area contributed by atoms with Gasteiger partial charge in [-0.25, -0.2) is 4.98 Å². The predicted octanol–water partition coefficient (Wildman–Crippen LogP) is 0.791. The van der Waals surface area contributed by atoms with Gasteiger partial charge in [0.25, 0.3) is 0 Å². The molecule has 3 heterocycles. The Morgan fingerprint density at radius 2 is 2.04 bits per heavy atom. The van der Waals surface area contributed by atoms with Crippen LogP contribution >= 0.6 is 0 Å². The number of anilines is 1. The van der Waals surface area contributed by atoms with Gasteiger partial charge in [-0.15, -0.1) is 0 Å². The second-order valence-corrected chi connectivity index (χ2v) is 6.86. The highest BCUT2D eigenvalue weighted by Crippen LogP contribution is 2.20. The minimum atomic E-state index is 0.224. The number of aromatic nitrogens is 1. The second kappa shape index (κ2) is 8.44. The highest BCUT2D eigenvalue weighted by molar-refractivity contribution is 5.76. The van der Waals surface area contributed by atoms with Gasteiger partial charge in [-0.3, -0.25) is 9.69 Å². The van der Waals surface area contributed by atoms with E-state index < -0.39 is 0 Å². The Kier molecular flexibility index (Phi) is 6.04. The molecular formula is C18H29N5O. The summed E-state index contributed by atoms with van der Waals surface area (Å²) in [6.45, 7) is 7.56. The maximum atomic E-state index is 12.1. The Hall–Kier alpha value is -1.66. The van der Waals surface area contributed by atoms with Crippen molar-refractivity contribution in [1.82, 2.24) is 14.8 Å². The SMILES string of the molecule is NCCC(=O)N1CCCC(CN2CCN(c3ccccn3)CC2)C1. The number of likely N-dealkylation sites (tertiary alicyclic amines) is 1. The number of pyridine rings is 1. The van der Waals surface area contributed by atoms with Crippen LogP contribution in [0, 0.1) is 5.92 Å². The molecule has 1 unspecified atom stereocenters. The molecule has 1 atom stereocenters. The van der Waals surface area contributed by atoms with Gasteiger partial charge < -0.3 is 15.5 Å². The van der Waals surface area contributed by atoms with Crippen LogP contribution in [-0.4, -0.2) is 73.0 Å². The second-order valence-electron chi connectivity index (χ2n) is 6.86. The highest BCUT2D eigenvalue weighted by atomic mass is 16.2. The third-order valence-corrected chi connectivity index (χ3v) is 5.09. The third kappa shape index (κ3) is 4.45. The van der Waals surface area contributed by atoms with E-state index in [1.165, 1.54) is 6.42 Å². The average Bonchev–Trinajstić information content (AvgIpc) is 2.63. The Balaban J connectivity index is 1.45. The molecule has 6 heteroatoms. The topological polar surface area (TPSA) is 65.7 Å². The van der Waals surface area contributed by atoms with Crippen molar-refractivity contribution in [1.29, 1.82) is 0 Å². The number of nitrogens with zero attached hydrogens (tertiary/aromatic N) is 4. The smallest absolute Gasteiger partial charge is 0.223 e. The lowest BCUT2D eigenvalue weighted by molar-refractivity contribution is -0.132. The van der Waals surface area contributed by atoms with E-state index >= 15 is 0 Å². The van der Waals surface area contributed by atoms with Gasteiger partial charge in [-0.1, -0.05) is 6.07 Å². The molecule has 1 amide bonds. The van der Waals surface area contributed by atoms with Crippen molar-refractivity contribution in [2.75, 3.05) is 57.3 Å². The van der Waals surface area contributed by atoms with Gasteiger partial charge in [0.2, 0.25) is 5.91 Å². The van der Waals surface area contributed by atoms with Gasteiger partial charge in [-0.2, -0.15) is 0 Å². The van der Waals surface area contributed by atoms with E-state index in [2.05, 4.69) is 20.9 Å². The Labute approximate surface area is 144 Å². The van der Waals surface area contributed by atoms with E-state index in [-0.39, 0.29) is 5.91 Å². The summed E-state index contributed by atoms with van der Waals surface area (Å²) in [5.74, 6) is 1.90. The average molecular weight is 331 g/mol. The minimum absolute atomic E-state index is 0.224. The van der Waals surface area contributed by atoms with Crippen molar-refractivity contribution in [2.24, 2.45) is 11.7 Å². The molecule has 6 nitrogen and oxygen atoms in total. The molecule has 132 valence electrons. The summed E-state index contributed by atoms with van der Waals surface area (Å²) in [6.07, 6.45) is 4.69. The normalized spacial score (nSPS) is 22.6. The van der Waals surface area contributed by atoms with Crippen LogP contribution in [0.4, 0.5) is 5.82 Å². The molecular weight excluding hydrogens is 302 g/mol. The fraction of sp³-hybridized carbons (Fsp3) is 0.667. The van der Waals surface area contributed by atoms with E-state index in [0.29, 0.717) is 18.9 Å². The van der Waals surface area contributed by atoms with Crippen LogP contribution in [0.1, 0.15) is 19.3 Å². The van der Waals surface area contributed by atoms with Crippen LogP contribution in [0.5, 0.6) is 0 Å². The van der Waals surface area contributed by atoms with Crippen molar-refractivity contribution in [2.45, 2.75) is 19.3 Å². The third-order valence-electron chi connectivity index (χ3n) is 5.09. The molecule has 0 aromatic carbocycles. The first-order valence-corrected chi connectivity index (χ1v) is 9.12. The first-order valence-electron chi connectivity index (χ1n) is 9.12. The zero-order valence-electron chi connectivity index (χ0n) is 14.4. The summed E-state index contributed by atoms with van der Waals surface area (Å²) in [6, 6.07) is 6.09. The summed E-state index contributed by atoms with van der Waals surface area (Å²) in [7, 11) is 0. The lowest BCUT2D eigenvalue weighted by Crippen LogP contribution is -2.50. The van der Waals surface area contributed by atoms with Crippen LogP contribution in [0.25, 0.3) is 0 Å². The summed E-state index contributed by atoms with van der Waals surface area (Å²) < 4.78 is 0. The molecule has 0 bridgehead atoms. The van der Waals surface area contributed by atoms with Crippen molar-refractivity contribution in [3.63, 3.8) is 0 Å². The standard InChI is InChI=1S/C18H29N5O/c19-7-6-18(24)23-9-3-4-16(15-23)14-21-10-12-22(13-11-21)17-5-1-2-8-20-17/h1-2,5,8,16H,3-4,6-7,9-15,19H2. The number of rotatable bonds is 5. The van der Waals surface area contributed by atoms with Crippen molar-refractivity contribution in [3.8, 4) is 0 Å². The molecule has 0 saturated carbocycles. The highest BCUT2D eigenvalue weighted by Gasteiger charge is 2.26. The van der Waals surface area contributed by atoms with Crippen molar-refractivity contribution < 1.29 is 4.79 Å². The van der Waals surface area contributed by atoms with Gasteiger partial charge in [0.1, 0.15) is 5.82 Å². The number of nitrogens with two attached hydrogens (primary N) is 1. The summed E-state index contributed by atoms with van der Waals surface area (Å²) in [5.41, 5.74) is 5.52. The quantitative estimate of drug-likeness (QED) is 0.864. The van der Waals surface area contributed by atoms with Crippen LogP contribution in [-0.2, 0) is 4.79 Å². The lowest BCUT2D eigenvalue weighted by Gasteiger charge is -2.39. The molecule has 0 aliphatic carbocycles. The molecule has 24 heavy (non-hydrogen) atoms. The van der Waals surface area contributed by atoms with Crippen molar-refractivity contribution >= 4 is 11.7 Å². The number of hydrogen-bond donors (Lipinski definition) is 1. The zero-order valence-corrected chi connectivity index (χ0v) is 14.4. The number of carbonyl (C=O) groups excluding carboxylic acids is 1. The molecule has 2 N–H and O–H groups in total. The molecule has 0 radical (unpaired) electrons. The van der Waals surface area contributed by atoms with Gasteiger partial charge in [0.05, 0.1) is 0 Å². The molecule has 2 aliphatic rings. The number of piperidine rings is 1. The summed E-state index contributed by atoms with van der Waals surface area (Å²) >= 11 is 0. The Morgan fingerprint density at radius 1 is 1.21 bits per heavy atom. The summed E-state index contributed by atoms with van der Waals surface area (Å²) in [4.78, 5) is 23.4. The van der Waals surface area contributed by atoms with E-state index in [0.717, 1.165) is 58.1 Å². The first kappa shape index (κ1) is 17.2. The maximum absolute atomic E-state index is 12.1. The van der Waals surface area contributed by atoms with Crippen LogP contribution < -0.4 is 10.6 Å². The van der Waals surface area contributed by atoms with Crippen molar-refractivity contribution in [3.05, 3.63) is 24.4 Å². The van der Waals surface area contributed by atoms with E-state index in [1.54, 1.807) is 0 Å². The van der Waals surface area contributed by atoms with E-state index in [4.69, 9.17) is 5.73 Å². The van der Waals surface area contributed by atoms with Gasteiger partial charge in [0, 0.05) is 65.0 Å². The Morgan fingerprint density at radius 3 is 2.75 bits per heavy atom. The fourth-order valence-electron chi connectivity index (χ4n) is 3.79. The zero-order chi connectivity index (χ0) is 16.8. The van der Waals surface area contributed by atoms with Crippen LogP contribution in [0.3, 0.4) is 0 Å². The molecule has 3 rings (SSSR count). The molecule has 0 spiro atoms. The van der Waals surface area contributed by atoms with Crippen LogP contribution in [0.15, 0.2) is 24.4 Å². The van der Waals surface area contributed by atoms with Gasteiger partial charge in [0.15, 0.2) is 0 Å². The van der Waals surface area contributed by atoms with Crippen LogP contribution in [0.2, 0.25) is 0 Å². The van der Waals surface area contributed by atoms with E-state index in [1.807, 2.05) is 23.2 Å². The monoisotopic (exact) mass is 331 g/mol. The number of hydrogen-bond acceptors (Lipinski definition) is 5. The first-order chi connectivity index (χ1) is 11.8. The fourth-order valence-corrected chi connectivity index (χ4v) is 3.79. The summed E-state index contributed by atoms with van der Waals surface area (Å²) in [5, 5.41) is 0. The van der Waals surface area contributed by atoms with E-state index in [9.17, 15) is 4.79 Å². The molecule has 1 aromatic heterocycles. The molecule has 1 aromatic rings. The van der Waals surface area contributed by atoms with Gasteiger partial charge >= 0.3 is 0 Å². The number of carbonyl (C=O) groups is 1. The Bertz CT molecular complexity index is 515. The maximum Gasteiger partial charge on any atom is 0.223 e. The predicted molar refractivity (Wildman–Crippen MR) is 95.9 cm³/mol. The largest absolute Gasteiger partial charge is 0.354 e. The molecule has 2 aliphatic heterocycles.